The Kier molecular flexibility index (Phi) is 8.20. The zero-order valence-corrected chi connectivity index (χ0v) is 15.3. The maximum Gasteiger partial charge on any atom is 0.163 e. The number of Topliss-reactive ketones (excluding diaryl/α,β-unsaturated/α-hetero) is 1. The van der Waals surface area contributed by atoms with Gasteiger partial charge in [-0.3, -0.25) is 4.79 Å². The standard InChI is InChI=1S/C20H25ClN2O/c1-5-14(3)20(24)18(6-2)19(23-15(4)8-7-13-22)16-9-11-17(21)12-10-16/h7-14,22-23H,4-6H2,1-3H3/b8-7-,19-18+,22-13?. The molecule has 1 atom stereocenters. The summed E-state index contributed by atoms with van der Waals surface area (Å²) in [5.41, 5.74) is 3.00. The lowest BCUT2D eigenvalue weighted by molar-refractivity contribution is -0.118. The molecular formula is C20H25ClN2O. The van der Waals surface area contributed by atoms with E-state index >= 15 is 0 Å². The maximum atomic E-state index is 12.8. The number of carbonyl (C=O) groups is 1. The van der Waals surface area contributed by atoms with Crippen LogP contribution in [0.15, 0.2) is 54.3 Å². The van der Waals surface area contributed by atoms with Gasteiger partial charge < -0.3 is 10.7 Å². The number of benzene rings is 1. The Hall–Kier alpha value is -2.13. The normalized spacial score (nSPS) is 13.3. The van der Waals surface area contributed by atoms with Crippen molar-refractivity contribution in [2.75, 3.05) is 0 Å². The molecule has 0 aliphatic rings. The van der Waals surface area contributed by atoms with E-state index in [0.717, 1.165) is 23.3 Å². The van der Waals surface area contributed by atoms with Crippen molar-refractivity contribution < 1.29 is 4.79 Å². The maximum absolute atomic E-state index is 12.8. The van der Waals surface area contributed by atoms with Crippen LogP contribution in [-0.2, 0) is 4.79 Å². The van der Waals surface area contributed by atoms with Crippen LogP contribution in [0.5, 0.6) is 0 Å². The Morgan fingerprint density at radius 2 is 1.96 bits per heavy atom. The van der Waals surface area contributed by atoms with Crippen molar-refractivity contribution in [3.05, 3.63) is 64.9 Å². The Balaban J connectivity index is 3.38. The van der Waals surface area contributed by atoms with Crippen LogP contribution in [0.3, 0.4) is 0 Å². The van der Waals surface area contributed by atoms with Gasteiger partial charge in [0.2, 0.25) is 0 Å². The van der Waals surface area contributed by atoms with E-state index in [0.29, 0.717) is 17.1 Å². The van der Waals surface area contributed by atoms with Gasteiger partial charge in [0.15, 0.2) is 5.78 Å². The molecule has 1 unspecified atom stereocenters. The van der Waals surface area contributed by atoms with Gasteiger partial charge in [-0.1, -0.05) is 51.1 Å². The summed E-state index contributed by atoms with van der Waals surface area (Å²) in [6.07, 6.45) is 5.88. The lowest BCUT2D eigenvalue weighted by Crippen LogP contribution is -2.20. The number of halogens is 1. The fraction of sp³-hybridized carbons (Fsp3) is 0.300. The predicted molar refractivity (Wildman–Crippen MR) is 103 cm³/mol. The Morgan fingerprint density at radius 1 is 1.33 bits per heavy atom. The summed E-state index contributed by atoms with van der Waals surface area (Å²) in [6.45, 7) is 9.88. The molecule has 0 saturated carbocycles. The zero-order chi connectivity index (χ0) is 18.1. The first kappa shape index (κ1) is 19.9. The minimum Gasteiger partial charge on any atom is -0.355 e. The van der Waals surface area contributed by atoms with Gasteiger partial charge >= 0.3 is 0 Å². The third kappa shape index (κ3) is 5.50. The van der Waals surface area contributed by atoms with Crippen LogP contribution in [0.1, 0.15) is 39.2 Å². The van der Waals surface area contributed by atoms with Gasteiger partial charge in [-0.25, -0.2) is 0 Å². The van der Waals surface area contributed by atoms with Gasteiger partial charge in [-0.15, -0.1) is 0 Å². The molecular weight excluding hydrogens is 320 g/mol. The highest BCUT2D eigenvalue weighted by atomic mass is 35.5. The van der Waals surface area contributed by atoms with Crippen molar-refractivity contribution in [2.24, 2.45) is 5.92 Å². The summed E-state index contributed by atoms with van der Waals surface area (Å²) in [6, 6.07) is 7.38. The van der Waals surface area contributed by atoms with Crippen molar-refractivity contribution in [3.8, 4) is 0 Å². The summed E-state index contributed by atoms with van der Waals surface area (Å²) >= 11 is 5.98. The molecule has 0 spiro atoms. The second kappa shape index (κ2) is 9.89. The fourth-order valence-corrected chi connectivity index (χ4v) is 2.39. The fourth-order valence-electron chi connectivity index (χ4n) is 2.26. The van der Waals surface area contributed by atoms with E-state index in [9.17, 15) is 4.79 Å². The molecule has 1 rings (SSSR count). The number of nitrogens with one attached hydrogen (secondary N) is 2. The average Bonchev–Trinajstić information content (AvgIpc) is 2.59. The smallest absolute Gasteiger partial charge is 0.163 e. The lowest BCUT2D eigenvalue weighted by atomic mass is 9.92. The van der Waals surface area contributed by atoms with Gasteiger partial charge in [0.1, 0.15) is 0 Å². The molecule has 0 saturated heterocycles. The van der Waals surface area contributed by atoms with E-state index in [4.69, 9.17) is 17.0 Å². The molecule has 1 aromatic carbocycles. The van der Waals surface area contributed by atoms with E-state index in [1.54, 1.807) is 24.3 Å². The second-order valence-electron chi connectivity index (χ2n) is 5.56. The number of allylic oxidation sites excluding steroid dienone is 3. The monoisotopic (exact) mass is 344 g/mol. The number of rotatable bonds is 9. The molecule has 0 heterocycles. The van der Waals surface area contributed by atoms with E-state index < -0.39 is 0 Å². The third-order valence-electron chi connectivity index (χ3n) is 3.82. The first-order chi connectivity index (χ1) is 11.4. The van der Waals surface area contributed by atoms with Gasteiger partial charge in [-0.2, -0.15) is 0 Å². The highest BCUT2D eigenvalue weighted by Crippen LogP contribution is 2.25. The SMILES string of the molecule is C=C(/C=C\C=N)N/C(=C(\CC)C(=O)C(C)CC)c1ccc(Cl)cc1. The summed E-state index contributed by atoms with van der Waals surface area (Å²) in [5, 5.41) is 10.9. The summed E-state index contributed by atoms with van der Waals surface area (Å²) < 4.78 is 0. The average molecular weight is 345 g/mol. The molecule has 0 aliphatic heterocycles. The Bertz CT molecular complexity index is 657. The number of hydrogen-bond donors (Lipinski definition) is 2. The molecule has 24 heavy (non-hydrogen) atoms. The largest absolute Gasteiger partial charge is 0.355 e. The van der Waals surface area contributed by atoms with Crippen LogP contribution in [-0.4, -0.2) is 12.0 Å². The summed E-state index contributed by atoms with van der Waals surface area (Å²) in [4.78, 5) is 12.8. The molecule has 0 bridgehead atoms. The first-order valence-electron chi connectivity index (χ1n) is 8.10. The van der Waals surface area contributed by atoms with E-state index in [1.165, 1.54) is 6.21 Å². The molecule has 3 nitrogen and oxygen atoms in total. The highest BCUT2D eigenvalue weighted by molar-refractivity contribution is 6.30. The molecule has 4 heteroatoms. The minimum atomic E-state index is -0.0329. The molecule has 1 aromatic rings. The Labute approximate surface area is 149 Å². The summed E-state index contributed by atoms with van der Waals surface area (Å²) in [7, 11) is 0. The summed E-state index contributed by atoms with van der Waals surface area (Å²) in [5.74, 6) is 0.107. The third-order valence-corrected chi connectivity index (χ3v) is 4.08. The van der Waals surface area contributed by atoms with E-state index in [-0.39, 0.29) is 11.7 Å². The number of hydrogen-bond acceptors (Lipinski definition) is 3. The molecule has 0 aromatic heterocycles. The van der Waals surface area contributed by atoms with Crippen LogP contribution >= 0.6 is 11.6 Å². The molecule has 0 fully saturated rings. The van der Waals surface area contributed by atoms with Crippen LogP contribution < -0.4 is 5.32 Å². The van der Waals surface area contributed by atoms with Crippen LogP contribution in [0, 0.1) is 11.3 Å². The molecule has 0 amide bonds. The minimum absolute atomic E-state index is 0.0329. The van der Waals surface area contributed by atoms with Gasteiger partial charge in [0, 0.05) is 28.4 Å². The molecule has 2 N–H and O–H groups in total. The molecule has 0 aliphatic carbocycles. The first-order valence-corrected chi connectivity index (χ1v) is 8.48. The lowest BCUT2D eigenvalue weighted by Gasteiger charge is -2.19. The number of carbonyl (C=O) groups excluding carboxylic acids is 1. The van der Waals surface area contributed by atoms with Crippen LogP contribution in [0.2, 0.25) is 5.02 Å². The van der Waals surface area contributed by atoms with Gasteiger partial charge in [-0.05, 0) is 42.7 Å². The van der Waals surface area contributed by atoms with Gasteiger partial charge in [0.05, 0.1) is 5.70 Å². The second-order valence-corrected chi connectivity index (χ2v) is 6.00. The highest BCUT2D eigenvalue weighted by Gasteiger charge is 2.20. The zero-order valence-electron chi connectivity index (χ0n) is 14.5. The van der Waals surface area contributed by atoms with Crippen molar-refractivity contribution in [1.82, 2.24) is 5.32 Å². The van der Waals surface area contributed by atoms with Crippen molar-refractivity contribution >= 4 is 29.3 Å². The predicted octanol–water partition coefficient (Wildman–Crippen LogP) is 5.39. The van der Waals surface area contributed by atoms with E-state index in [1.807, 2.05) is 32.9 Å². The molecule has 0 radical (unpaired) electrons. The topological polar surface area (TPSA) is 53.0 Å². The van der Waals surface area contributed by atoms with Crippen molar-refractivity contribution in [2.45, 2.75) is 33.6 Å². The Morgan fingerprint density at radius 3 is 2.46 bits per heavy atom. The van der Waals surface area contributed by atoms with Crippen LogP contribution in [0.4, 0.5) is 0 Å². The molecule has 128 valence electrons. The van der Waals surface area contributed by atoms with Crippen molar-refractivity contribution in [1.29, 1.82) is 5.41 Å². The van der Waals surface area contributed by atoms with E-state index in [2.05, 4.69) is 11.9 Å². The quantitative estimate of drug-likeness (QED) is 0.358. The number of ketones is 1. The van der Waals surface area contributed by atoms with Gasteiger partial charge in [0.25, 0.3) is 0 Å². The van der Waals surface area contributed by atoms with Crippen molar-refractivity contribution in [3.63, 3.8) is 0 Å². The van der Waals surface area contributed by atoms with Crippen LogP contribution in [0.25, 0.3) is 5.70 Å².